The lowest BCUT2D eigenvalue weighted by Crippen LogP contribution is -2.17. The molecule has 0 fully saturated rings. The minimum atomic E-state index is -0.0637. The number of hydrogen-bond acceptors (Lipinski definition) is 4. The van der Waals surface area contributed by atoms with Crippen LogP contribution in [0.5, 0.6) is 11.5 Å². The lowest BCUT2D eigenvalue weighted by atomic mass is 10.0. The Hall–Kier alpha value is -2.95. The minimum Gasteiger partial charge on any atom is -0.486 e. The van der Waals surface area contributed by atoms with Crippen LogP contribution in [0.25, 0.3) is 10.9 Å². The Labute approximate surface area is 145 Å². The Morgan fingerprint density at radius 1 is 1.04 bits per heavy atom. The number of fused-ring (bicyclic) bond motifs is 2. The largest absolute Gasteiger partial charge is 0.486 e. The summed E-state index contributed by atoms with van der Waals surface area (Å²) in [5, 5.41) is 4.33. The molecular weight excluding hydrogens is 316 g/mol. The summed E-state index contributed by atoms with van der Waals surface area (Å²) in [4.78, 5) is 15.4. The first kappa shape index (κ1) is 15.6. The summed E-state index contributed by atoms with van der Waals surface area (Å²) in [5.41, 5.74) is 4.72. The van der Waals surface area contributed by atoms with Gasteiger partial charge in [0, 0.05) is 23.9 Å². The van der Waals surface area contributed by atoms with Gasteiger partial charge in [-0.05, 0) is 48.6 Å². The van der Waals surface area contributed by atoms with E-state index in [1.807, 2.05) is 44.2 Å². The number of ether oxygens (including phenoxy) is 2. The molecule has 5 nitrogen and oxygen atoms in total. The molecule has 3 aromatic rings. The minimum absolute atomic E-state index is 0.0637. The van der Waals surface area contributed by atoms with Gasteiger partial charge in [0.2, 0.25) is 0 Å². The maximum atomic E-state index is 12.4. The van der Waals surface area contributed by atoms with Crippen molar-refractivity contribution in [2.24, 2.45) is 0 Å². The Balaban J connectivity index is 1.60. The van der Waals surface area contributed by atoms with Gasteiger partial charge in [-0.25, -0.2) is 0 Å². The third kappa shape index (κ3) is 2.93. The van der Waals surface area contributed by atoms with Crippen LogP contribution in [0, 0.1) is 13.8 Å². The van der Waals surface area contributed by atoms with Crippen LogP contribution < -0.4 is 20.3 Å². The van der Waals surface area contributed by atoms with Gasteiger partial charge in [-0.3, -0.25) is 4.79 Å². The van der Waals surface area contributed by atoms with E-state index in [9.17, 15) is 4.79 Å². The second-order valence-electron chi connectivity index (χ2n) is 6.31. The number of hydrogen-bond donors (Lipinski definition) is 2. The number of aryl methyl sites for hydroxylation is 2. The highest BCUT2D eigenvalue weighted by Gasteiger charge is 2.12. The van der Waals surface area contributed by atoms with Crippen molar-refractivity contribution in [3.8, 4) is 11.5 Å². The zero-order valence-electron chi connectivity index (χ0n) is 14.3. The summed E-state index contributed by atoms with van der Waals surface area (Å²) in [6, 6.07) is 11.8. The fourth-order valence-electron chi connectivity index (χ4n) is 3.05. The normalized spacial score (nSPS) is 13.0. The summed E-state index contributed by atoms with van der Waals surface area (Å²) in [5.74, 6) is 1.49. The van der Waals surface area contributed by atoms with Gasteiger partial charge in [0.05, 0.1) is 5.52 Å². The van der Waals surface area contributed by atoms with Crippen LogP contribution in [-0.4, -0.2) is 18.2 Å². The van der Waals surface area contributed by atoms with Crippen molar-refractivity contribution >= 4 is 16.6 Å². The highest BCUT2D eigenvalue weighted by molar-refractivity contribution is 5.83. The van der Waals surface area contributed by atoms with Gasteiger partial charge in [0.15, 0.2) is 11.5 Å². The summed E-state index contributed by atoms with van der Waals surface area (Å²) >= 11 is 0. The topological polar surface area (TPSA) is 63.4 Å². The average molecular weight is 336 g/mol. The van der Waals surface area contributed by atoms with Gasteiger partial charge in [0.25, 0.3) is 5.56 Å². The molecular formula is C20H20N2O3. The molecule has 0 radical (unpaired) electrons. The predicted molar refractivity (Wildman–Crippen MR) is 98.8 cm³/mol. The van der Waals surface area contributed by atoms with Gasteiger partial charge < -0.3 is 19.8 Å². The van der Waals surface area contributed by atoms with E-state index in [4.69, 9.17) is 9.47 Å². The monoisotopic (exact) mass is 336 g/mol. The van der Waals surface area contributed by atoms with Crippen molar-refractivity contribution in [2.45, 2.75) is 20.4 Å². The summed E-state index contributed by atoms with van der Waals surface area (Å²) in [6.07, 6.45) is 0. The van der Waals surface area contributed by atoms with Crippen LogP contribution in [0.3, 0.4) is 0 Å². The Morgan fingerprint density at radius 3 is 2.68 bits per heavy atom. The number of nitrogens with one attached hydrogen (secondary N) is 2. The third-order valence-corrected chi connectivity index (χ3v) is 4.65. The summed E-state index contributed by atoms with van der Waals surface area (Å²) < 4.78 is 11.1. The second kappa shape index (κ2) is 6.16. The summed E-state index contributed by atoms with van der Waals surface area (Å²) in [7, 11) is 0. The Morgan fingerprint density at radius 2 is 1.84 bits per heavy atom. The number of rotatable bonds is 3. The van der Waals surface area contributed by atoms with Gasteiger partial charge in [-0.1, -0.05) is 12.1 Å². The quantitative estimate of drug-likeness (QED) is 0.768. The van der Waals surface area contributed by atoms with E-state index >= 15 is 0 Å². The van der Waals surface area contributed by atoms with E-state index in [1.165, 1.54) is 5.56 Å². The maximum Gasteiger partial charge on any atom is 0.253 e. The van der Waals surface area contributed by atoms with E-state index in [0.29, 0.717) is 25.3 Å². The van der Waals surface area contributed by atoms with Crippen molar-refractivity contribution in [1.82, 2.24) is 4.98 Å². The SMILES string of the molecule is Cc1ccc2cc(CNc3ccc4c(c3)OCCO4)c(=O)[nH]c2c1C. The van der Waals surface area contributed by atoms with Crippen LogP contribution in [-0.2, 0) is 6.54 Å². The van der Waals surface area contributed by atoms with Crippen LogP contribution in [0.15, 0.2) is 41.2 Å². The molecule has 0 atom stereocenters. The van der Waals surface area contributed by atoms with Crippen LogP contribution in [0.1, 0.15) is 16.7 Å². The second-order valence-corrected chi connectivity index (χ2v) is 6.31. The molecule has 0 unspecified atom stereocenters. The Kier molecular flexibility index (Phi) is 3.84. The lowest BCUT2D eigenvalue weighted by molar-refractivity contribution is 0.171. The molecule has 128 valence electrons. The molecule has 2 aromatic carbocycles. The highest BCUT2D eigenvalue weighted by atomic mass is 16.6. The van der Waals surface area contributed by atoms with E-state index in [1.54, 1.807) is 0 Å². The van der Waals surface area contributed by atoms with Gasteiger partial charge in [0.1, 0.15) is 13.2 Å². The van der Waals surface area contributed by atoms with E-state index in [0.717, 1.165) is 33.7 Å². The molecule has 0 bridgehead atoms. The molecule has 25 heavy (non-hydrogen) atoms. The lowest BCUT2D eigenvalue weighted by Gasteiger charge is -2.19. The van der Waals surface area contributed by atoms with Crippen molar-refractivity contribution in [3.63, 3.8) is 0 Å². The highest BCUT2D eigenvalue weighted by Crippen LogP contribution is 2.32. The molecule has 0 amide bonds. The van der Waals surface area contributed by atoms with Gasteiger partial charge in [-0.2, -0.15) is 0 Å². The zero-order valence-corrected chi connectivity index (χ0v) is 14.3. The molecule has 2 N–H and O–H groups in total. The number of benzene rings is 2. The van der Waals surface area contributed by atoms with Crippen LogP contribution >= 0.6 is 0 Å². The van der Waals surface area contributed by atoms with Crippen LogP contribution in [0.2, 0.25) is 0 Å². The molecule has 1 aromatic heterocycles. The molecule has 0 spiro atoms. The standard InChI is InChI=1S/C20H20N2O3/c1-12-3-4-14-9-15(20(23)22-19(14)13(12)2)11-21-16-5-6-17-18(10-16)25-8-7-24-17/h3-6,9-10,21H,7-8,11H2,1-2H3,(H,22,23). The van der Waals surface area contributed by atoms with Crippen molar-refractivity contribution < 1.29 is 9.47 Å². The van der Waals surface area contributed by atoms with Crippen molar-refractivity contribution in [2.75, 3.05) is 18.5 Å². The molecule has 0 saturated heterocycles. The zero-order chi connectivity index (χ0) is 17.4. The molecule has 0 aliphatic carbocycles. The van der Waals surface area contributed by atoms with E-state index in [-0.39, 0.29) is 5.56 Å². The maximum absolute atomic E-state index is 12.4. The molecule has 5 heteroatoms. The van der Waals surface area contributed by atoms with Crippen LogP contribution in [0.4, 0.5) is 5.69 Å². The van der Waals surface area contributed by atoms with E-state index in [2.05, 4.69) is 16.4 Å². The molecule has 4 rings (SSSR count). The number of pyridine rings is 1. The fourth-order valence-corrected chi connectivity index (χ4v) is 3.05. The number of anilines is 1. The number of aromatic nitrogens is 1. The van der Waals surface area contributed by atoms with Gasteiger partial charge in [-0.15, -0.1) is 0 Å². The Bertz CT molecular complexity index is 1010. The molecule has 0 saturated carbocycles. The summed E-state index contributed by atoms with van der Waals surface area (Å²) in [6.45, 7) is 5.65. The molecule has 1 aliphatic rings. The first-order chi connectivity index (χ1) is 12.1. The van der Waals surface area contributed by atoms with Crippen molar-refractivity contribution in [3.05, 3.63) is 63.4 Å². The van der Waals surface area contributed by atoms with E-state index < -0.39 is 0 Å². The first-order valence-corrected chi connectivity index (χ1v) is 8.37. The van der Waals surface area contributed by atoms with Gasteiger partial charge >= 0.3 is 0 Å². The number of aromatic amines is 1. The predicted octanol–water partition coefficient (Wildman–Crippen LogP) is 3.53. The smallest absolute Gasteiger partial charge is 0.253 e. The average Bonchev–Trinajstić information content (AvgIpc) is 2.63. The first-order valence-electron chi connectivity index (χ1n) is 8.37. The number of H-pyrrole nitrogens is 1. The molecule has 1 aliphatic heterocycles. The third-order valence-electron chi connectivity index (χ3n) is 4.65. The fraction of sp³-hybridized carbons (Fsp3) is 0.250. The van der Waals surface area contributed by atoms with Crippen molar-refractivity contribution in [1.29, 1.82) is 0 Å². The molecule has 2 heterocycles.